The number of rotatable bonds is 8. The monoisotopic (exact) mass is 289 g/mol. The highest BCUT2D eigenvalue weighted by Gasteiger charge is 2.05. The second kappa shape index (κ2) is 7.57. The van der Waals surface area contributed by atoms with Crippen molar-refractivity contribution < 1.29 is 9.47 Å². The normalized spacial score (nSPS) is 10.4. The molecule has 1 aromatic heterocycles. The zero-order valence-electron chi connectivity index (χ0n) is 12.9. The number of imidazole rings is 1. The number of hydrogen-bond donors (Lipinski definition) is 1. The third-order valence-corrected chi connectivity index (χ3v) is 3.32. The zero-order valence-corrected chi connectivity index (χ0v) is 12.9. The molecule has 5 nitrogen and oxygen atoms in total. The fourth-order valence-electron chi connectivity index (χ4n) is 2.25. The van der Waals surface area contributed by atoms with Crippen molar-refractivity contribution in [1.82, 2.24) is 9.55 Å². The van der Waals surface area contributed by atoms with E-state index in [2.05, 4.69) is 27.9 Å². The molecule has 0 aliphatic rings. The number of ether oxygens (including phenoxy) is 2. The molecule has 1 heterocycles. The topological polar surface area (TPSA) is 48.3 Å². The van der Waals surface area contributed by atoms with Crippen molar-refractivity contribution in [2.24, 2.45) is 0 Å². The Labute approximate surface area is 125 Å². The second-order valence-corrected chi connectivity index (χ2v) is 4.81. The van der Waals surface area contributed by atoms with Crippen LogP contribution >= 0.6 is 0 Å². The van der Waals surface area contributed by atoms with Gasteiger partial charge in [-0.3, -0.25) is 0 Å². The average molecular weight is 289 g/mol. The highest BCUT2D eigenvalue weighted by Crippen LogP contribution is 2.27. The van der Waals surface area contributed by atoms with Crippen LogP contribution in [0, 0.1) is 0 Å². The van der Waals surface area contributed by atoms with Crippen LogP contribution in [-0.4, -0.2) is 30.3 Å². The SMILES string of the molecule is CCCn1ccnc1NCCc1ccc(OC)c(OC)c1. The third kappa shape index (κ3) is 3.90. The van der Waals surface area contributed by atoms with Gasteiger partial charge in [-0.1, -0.05) is 13.0 Å². The minimum Gasteiger partial charge on any atom is -0.493 e. The summed E-state index contributed by atoms with van der Waals surface area (Å²) >= 11 is 0. The molecular weight excluding hydrogens is 266 g/mol. The van der Waals surface area contributed by atoms with Crippen molar-refractivity contribution in [1.29, 1.82) is 0 Å². The molecule has 0 unspecified atom stereocenters. The van der Waals surface area contributed by atoms with E-state index in [9.17, 15) is 0 Å². The number of aromatic nitrogens is 2. The van der Waals surface area contributed by atoms with Crippen molar-refractivity contribution in [3.63, 3.8) is 0 Å². The Kier molecular flexibility index (Phi) is 5.49. The summed E-state index contributed by atoms with van der Waals surface area (Å²) in [4.78, 5) is 4.33. The highest BCUT2D eigenvalue weighted by atomic mass is 16.5. The number of nitrogens with one attached hydrogen (secondary N) is 1. The molecular formula is C16H23N3O2. The first-order valence-electron chi connectivity index (χ1n) is 7.24. The van der Waals surface area contributed by atoms with Crippen molar-refractivity contribution in [3.8, 4) is 11.5 Å². The lowest BCUT2D eigenvalue weighted by atomic mass is 10.1. The lowest BCUT2D eigenvalue weighted by Gasteiger charge is -2.11. The molecule has 0 aliphatic heterocycles. The molecule has 0 aliphatic carbocycles. The molecule has 0 atom stereocenters. The maximum Gasteiger partial charge on any atom is 0.202 e. The van der Waals surface area contributed by atoms with E-state index in [0.29, 0.717) is 0 Å². The Balaban J connectivity index is 1.92. The molecule has 0 fully saturated rings. The summed E-state index contributed by atoms with van der Waals surface area (Å²) in [5, 5.41) is 3.37. The molecule has 0 amide bonds. The van der Waals surface area contributed by atoms with Crippen molar-refractivity contribution in [2.75, 3.05) is 26.1 Å². The van der Waals surface area contributed by atoms with Crippen LogP contribution in [0.4, 0.5) is 5.95 Å². The van der Waals surface area contributed by atoms with Crippen molar-refractivity contribution in [2.45, 2.75) is 26.3 Å². The van der Waals surface area contributed by atoms with Crippen LogP contribution in [-0.2, 0) is 13.0 Å². The standard InChI is InChI=1S/C16H23N3O2/c1-4-10-19-11-9-18-16(19)17-8-7-13-5-6-14(20-2)15(12-13)21-3/h5-6,9,11-12H,4,7-8,10H2,1-3H3,(H,17,18). The summed E-state index contributed by atoms with van der Waals surface area (Å²) in [6, 6.07) is 6.01. The van der Waals surface area contributed by atoms with Crippen LogP contribution in [0.25, 0.3) is 0 Å². The maximum atomic E-state index is 5.32. The fourth-order valence-corrected chi connectivity index (χ4v) is 2.25. The largest absolute Gasteiger partial charge is 0.493 e. The number of aryl methyl sites for hydroxylation is 1. The Hall–Kier alpha value is -2.17. The van der Waals surface area contributed by atoms with Crippen LogP contribution in [0.2, 0.25) is 0 Å². The number of benzene rings is 1. The Morgan fingerprint density at radius 3 is 2.71 bits per heavy atom. The Morgan fingerprint density at radius 1 is 1.19 bits per heavy atom. The van der Waals surface area contributed by atoms with E-state index in [-0.39, 0.29) is 0 Å². The fraction of sp³-hybridized carbons (Fsp3) is 0.438. The number of methoxy groups -OCH3 is 2. The van der Waals surface area contributed by atoms with E-state index in [1.807, 2.05) is 24.5 Å². The van der Waals surface area contributed by atoms with Crippen LogP contribution < -0.4 is 14.8 Å². The lowest BCUT2D eigenvalue weighted by molar-refractivity contribution is 0.354. The van der Waals surface area contributed by atoms with Crippen LogP contribution in [0.5, 0.6) is 11.5 Å². The van der Waals surface area contributed by atoms with Gasteiger partial charge in [0.05, 0.1) is 14.2 Å². The molecule has 0 spiro atoms. The first-order chi connectivity index (χ1) is 10.3. The molecule has 0 radical (unpaired) electrons. The van der Waals surface area contributed by atoms with Crippen molar-refractivity contribution in [3.05, 3.63) is 36.2 Å². The smallest absolute Gasteiger partial charge is 0.202 e. The van der Waals surface area contributed by atoms with Gasteiger partial charge in [0.25, 0.3) is 0 Å². The molecule has 1 aromatic carbocycles. The third-order valence-electron chi connectivity index (χ3n) is 3.32. The van der Waals surface area contributed by atoms with E-state index in [1.165, 1.54) is 5.56 Å². The summed E-state index contributed by atoms with van der Waals surface area (Å²) in [6.07, 6.45) is 5.83. The molecule has 2 aromatic rings. The van der Waals surface area contributed by atoms with Gasteiger partial charge in [-0.2, -0.15) is 0 Å². The van der Waals surface area contributed by atoms with E-state index in [4.69, 9.17) is 9.47 Å². The van der Waals surface area contributed by atoms with E-state index >= 15 is 0 Å². The maximum absolute atomic E-state index is 5.32. The summed E-state index contributed by atoms with van der Waals surface area (Å²) in [7, 11) is 3.30. The minimum absolute atomic E-state index is 0.757. The molecule has 0 bridgehead atoms. The van der Waals surface area contributed by atoms with Crippen LogP contribution in [0.3, 0.4) is 0 Å². The number of anilines is 1. The van der Waals surface area contributed by atoms with E-state index in [0.717, 1.165) is 43.4 Å². The molecule has 114 valence electrons. The Bertz CT molecular complexity index is 566. The number of nitrogens with zero attached hydrogens (tertiary/aromatic N) is 2. The quantitative estimate of drug-likeness (QED) is 0.811. The summed E-state index contributed by atoms with van der Waals surface area (Å²) < 4.78 is 12.7. The summed E-state index contributed by atoms with van der Waals surface area (Å²) in [5.74, 6) is 2.45. The molecule has 21 heavy (non-hydrogen) atoms. The molecule has 0 saturated carbocycles. The highest BCUT2D eigenvalue weighted by molar-refractivity contribution is 5.43. The van der Waals surface area contributed by atoms with Crippen LogP contribution in [0.15, 0.2) is 30.6 Å². The van der Waals surface area contributed by atoms with E-state index in [1.54, 1.807) is 14.2 Å². The van der Waals surface area contributed by atoms with Gasteiger partial charge in [0, 0.05) is 25.5 Å². The van der Waals surface area contributed by atoms with Gasteiger partial charge in [-0.25, -0.2) is 4.98 Å². The van der Waals surface area contributed by atoms with Gasteiger partial charge in [0.1, 0.15) is 0 Å². The second-order valence-electron chi connectivity index (χ2n) is 4.81. The first-order valence-corrected chi connectivity index (χ1v) is 7.24. The first kappa shape index (κ1) is 15.2. The van der Waals surface area contributed by atoms with Gasteiger partial charge in [-0.05, 0) is 30.5 Å². The summed E-state index contributed by atoms with van der Waals surface area (Å²) in [5.41, 5.74) is 1.20. The molecule has 2 rings (SSSR count). The van der Waals surface area contributed by atoms with Gasteiger partial charge in [0.15, 0.2) is 11.5 Å². The zero-order chi connectivity index (χ0) is 15.1. The lowest BCUT2D eigenvalue weighted by Crippen LogP contribution is -2.10. The molecule has 0 saturated heterocycles. The predicted molar refractivity (Wildman–Crippen MR) is 84.3 cm³/mol. The van der Waals surface area contributed by atoms with Gasteiger partial charge < -0.3 is 19.4 Å². The van der Waals surface area contributed by atoms with Gasteiger partial charge >= 0.3 is 0 Å². The summed E-state index contributed by atoms with van der Waals surface area (Å²) in [6.45, 7) is 3.97. The minimum atomic E-state index is 0.757. The van der Waals surface area contributed by atoms with Crippen molar-refractivity contribution >= 4 is 5.95 Å². The Morgan fingerprint density at radius 2 is 2.00 bits per heavy atom. The van der Waals surface area contributed by atoms with Gasteiger partial charge in [-0.15, -0.1) is 0 Å². The molecule has 1 N–H and O–H groups in total. The van der Waals surface area contributed by atoms with Crippen LogP contribution in [0.1, 0.15) is 18.9 Å². The molecule has 5 heteroatoms. The number of hydrogen-bond acceptors (Lipinski definition) is 4. The van der Waals surface area contributed by atoms with Gasteiger partial charge in [0.2, 0.25) is 5.95 Å². The van der Waals surface area contributed by atoms with E-state index < -0.39 is 0 Å². The average Bonchev–Trinajstić information content (AvgIpc) is 2.95. The predicted octanol–water partition coefficient (Wildman–Crippen LogP) is 2.96.